The number of amides is 1. The molecule has 0 aromatic rings. The fourth-order valence-corrected chi connectivity index (χ4v) is 3.45. The molecule has 12 heteroatoms. The molecule has 0 aromatic heterocycles. The molecule has 0 saturated heterocycles. The summed E-state index contributed by atoms with van der Waals surface area (Å²) in [5, 5.41) is 20.1. The van der Waals surface area contributed by atoms with Crippen molar-refractivity contribution in [1.29, 1.82) is 0 Å². The Labute approximate surface area is 231 Å². The van der Waals surface area contributed by atoms with Gasteiger partial charge < -0.3 is 24.6 Å². The third-order valence-corrected chi connectivity index (χ3v) is 5.29. The number of nitrogens with one attached hydrogen (secondary N) is 1. The number of carbonyl (C=O) groups excluding carboxylic acids is 1. The Kier molecular flexibility index (Phi) is 29.5. The van der Waals surface area contributed by atoms with Crippen LogP contribution >= 0.6 is 0 Å². The third-order valence-electron chi connectivity index (χ3n) is 5.29. The van der Waals surface area contributed by atoms with E-state index in [1.807, 2.05) is 0 Å². The van der Waals surface area contributed by atoms with Crippen LogP contribution in [0, 0.1) is 0 Å². The zero-order valence-electron chi connectivity index (χ0n) is 20.8. The van der Waals surface area contributed by atoms with Crippen molar-refractivity contribution in [1.82, 2.24) is 5.32 Å². The van der Waals surface area contributed by atoms with E-state index >= 15 is 0 Å². The molecule has 0 aliphatic rings. The van der Waals surface area contributed by atoms with E-state index in [1.165, 1.54) is 77.0 Å². The van der Waals surface area contributed by atoms with Crippen LogP contribution in [0.2, 0.25) is 0 Å². The number of hydrogen-bond donors (Lipinski definition) is 4. The first kappa shape index (κ1) is 39.0. The molecular formula is C23H44AgNO8S2. The Bertz CT molecular complexity index is 639. The molecule has 1 amide bonds. The first-order valence-corrected chi connectivity index (χ1v) is 14.8. The predicted octanol–water partition coefficient (Wildman–Crippen LogP) is 5.02. The van der Waals surface area contributed by atoms with Crippen molar-refractivity contribution < 1.29 is 60.3 Å². The molecule has 0 radical (unpaired) electrons. The Morgan fingerprint density at radius 1 is 0.800 bits per heavy atom. The average molecular weight is 635 g/mol. The van der Waals surface area contributed by atoms with Crippen LogP contribution in [0.4, 0.5) is 0 Å². The summed E-state index contributed by atoms with van der Waals surface area (Å²) in [5.74, 6) is -2.55. The summed E-state index contributed by atoms with van der Waals surface area (Å²) < 4.78 is 25.3. The zero-order chi connectivity index (χ0) is 26.2. The molecule has 0 rings (SSSR count). The number of hydrogen-bond acceptors (Lipinski definition) is 6. The van der Waals surface area contributed by atoms with Crippen molar-refractivity contribution in [2.24, 2.45) is 0 Å². The Balaban J connectivity index is -0.00000154. The molecule has 212 valence electrons. The molecule has 35 heavy (non-hydrogen) atoms. The summed E-state index contributed by atoms with van der Waals surface area (Å²) in [4.78, 5) is 33.4. The van der Waals surface area contributed by atoms with Gasteiger partial charge in [-0.15, -0.1) is 0 Å². The number of carbonyl (C=O) groups is 3. The number of rotatable bonds is 21. The maximum Gasteiger partial charge on any atom is 1.00 e. The van der Waals surface area contributed by atoms with Crippen LogP contribution in [0.1, 0.15) is 122 Å². The van der Waals surface area contributed by atoms with E-state index in [1.54, 1.807) is 0 Å². The number of unbranched alkanes of at least 4 members (excludes halogenated alkanes) is 14. The summed E-state index contributed by atoms with van der Waals surface area (Å²) in [6, 6.07) is -1.12. The number of aliphatic carboxylic acids is 2. The van der Waals surface area contributed by atoms with Crippen molar-refractivity contribution in [3.63, 3.8) is 0 Å². The SMILES string of the molecule is CCCCCCCCCCCCCCCCCC(=O)N[C@@H](CCC(=O)O)C(=O)O.O=S([O-])(O)=S.[Ag+]. The van der Waals surface area contributed by atoms with Crippen LogP contribution in [-0.4, -0.2) is 47.4 Å². The minimum absolute atomic E-state index is 0. The second-order valence-electron chi connectivity index (χ2n) is 8.52. The van der Waals surface area contributed by atoms with Gasteiger partial charge in [-0.1, -0.05) is 96.8 Å². The average Bonchev–Trinajstić information content (AvgIpc) is 2.72. The molecule has 0 aliphatic carbocycles. The van der Waals surface area contributed by atoms with Crippen molar-refractivity contribution in [2.45, 2.75) is 129 Å². The first-order chi connectivity index (χ1) is 16.0. The van der Waals surface area contributed by atoms with E-state index < -0.39 is 27.0 Å². The van der Waals surface area contributed by atoms with Gasteiger partial charge in [0.1, 0.15) is 6.04 Å². The molecule has 0 aliphatic heterocycles. The zero-order valence-corrected chi connectivity index (χ0v) is 23.9. The van der Waals surface area contributed by atoms with Crippen molar-refractivity contribution >= 4 is 38.1 Å². The van der Waals surface area contributed by atoms with Gasteiger partial charge in [0.05, 0.1) is 9.05 Å². The summed E-state index contributed by atoms with van der Waals surface area (Å²) in [6.07, 6.45) is 18.8. The molecule has 0 bridgehead atoms. The van der Waals surface area contributed by atoms with Gasteiger partial charge >= 0.3 is 34.3 Å². The van der Waals surface area contributed by atoms with E-state index in [0.29, 0.717) is 6.42 Å². The van der Waals surface area contributed by atoms with Gasteiger partial charge in [-0.05, 0) is 24.0 Å². The van der Waals surface area contributed by atoms with Crippen LogP contribution in [0.25, 0.3) is 0 Å². The standard InChI is InChI=1S/C23H43NO5.Ag.H2O3S2/c1-2-3-4-5-6-7-8-9-10-11-12-13-14-15-16-17-21(25)24-20(23(28)29)18-19-22(26)27;;1-5(2,3)4/h20H,2-19H2,1H3,(H,24,25)(H,26,27)(H,28,29);;(H2,1,2,3,4)/q;+1;/p-1/t20-;;/m0../s1. The Hall–Kier alpha value is -0.560. The predicted molar refractivity (Wildman–Crippen MR) is 135 cm³/mol. The van der Waals surface area contributed by atoms with E-state index in [4.69, 9.17) is 23.5 Å². The van der Waals surface area contributed by atoms with E-state index in [9.17, 15) is 14.4 Å². The smallest absolute Gasteiger partial charge is 0.748 e. The molecular weight excluding hydrogens is 590 g/mol. The normalized spacial score (nSPS) is 12.9. The molecule has 0 spiro atoms. The van der Waals surface area contributed by atoms with Gasteiger partial charge in [0.25, 0.3) is 0 Å². The summed E-state index contributed by atoms with van der Waals surface area (Å²) in [6.45, 7) is 2.25. The van der Waals surface area contributed by atoms with Crippen LogP contribution in [0.15, 0.2) is 0 Å². The quantitative estimate of drug-likeness (QED) is 0.100. The topological polar surface area (TPSA) is 164 Å². The molecule has 9 nitrogen and oxygen atoms in total. The van der Waals surface area contributed by atoms with E-state index in [2.05, 4.69) is 23.4 Å². The molecule has 4 N–H and O–H groups in total. The monoisotopic (exact) mass is 633 g/mol. The van der Waals surface area contributed by atoms with Crippen LogP contribution < -0.4 is 5.32 Å². The number of carboxylic acids is 2. The fourth-order valence-electron chi connectivity index (χ4n) is 3.45. The maximum absolute atomic E-state index is 11.8. The van der Waals surface area contributed by atoms with Gasteiger partial charge in [-0.3, -0.25) is 9.59 Å². The van der Waals surface area contributed by atoms with Crippen LogP contribution in [0.3, 0.4) is 0 Å². The Morgan fingerprint density at radius 2 is 1.14 bits per heavy atom. The first-order valence-electron chi connectivity index (χ1n) is 12.4. The summed E-state index contributed by atoms with van der Waals surface area (Å²) in [5.41, 5.74) is 0. The van der Waals surface area contributed by atoms with Crippen LogP contribution in [0.5, 0.6) is 0 Å². The van der Waals surface area contributed by atoms with Crippen molar-refractivity contribution in [3.05, 3.63) is 0 Å². The second kappa shape index (κ2) is 26.5. The van der Waals surface area contributed by atoms with Gasteiger partial charge in [0, 0.05) is 12.8 Å². The molecule has 0 heterocycles. The summed E-state index contributed by atoms with van der Waals surface area (Å²) >= 11 is 3.35. The number of carboxylic acid groups (broad SMARTS) is 2. The molecule has 0 aromatic carbocycles. The van der Waals surface area contributed by atoms with Crippen LogP contribution in [-0.2, 0) is 57.0 Å². The van der Waals surface area contributed by atoms with Crippen molar-refractivity contribution in [2.75, 3.05) is 0 Å². The van der Waals surface area contributed by atoms with Gasteiger partial charge in [0.15, 0.2) is 0 Å². The van der Waals surface area contributed by atoms with E-state index in [0.717, 1.165) is 19.3 Å². The molecule has 0 fully saturated rings. The van der Waals surface area contributed by atoms with E-state index in [-0.39, 0.29) is 41.1 Å². The molecule has 1 unspecified atom stereocenters. The second-order valence-corrected chi connectivity index (χ2v) is 10.6. The van der Waals surface area contributed by atoms with Gasteiger partial charge in [0.2, 0.25) is 5.91 Å². The van der Waals surface area contributed by atoms with Gasteiger partial charge in [-0.25, -0.2) is 9.00 Å². The van der Waals surface area contributed by atoms with Gasteiger partial charge in [-0.2, -0.15) is 0 Å². The molecule has 2 atom stereocenters. The third kappa shape index (κ3) is 38.1. The minimum atomic E-state index is -4.08. The molecule has 0 saturated carbocycles. The fraction of sp³-hybridized carbons (Fsp3) is 0.870. The largest absolute Gasteiger partial charge is 1.00 e. The summed E-state index contributed by atoms with van der Waals surface area (Å²) in [7, 11) is -4.08. The van der Waals surface area contributed by atoms with Crippen molar-refractivity contribution in [3.8, 4) is 0 Å². The maximum atomic E-state index is 11.8. The minimum Gasteiger partial charge on any atom is -0.748 e. The Morgan fingerprint density at radius 3 is 1.46 bits per heavy atom.